The molecule has 0 fully saturated rings. The van der Waals surface area contributed by atoms with Gasteiger partial charge >= 0.3 is 6.03 Å². The zero-order chi connectivity index (χ0) is 21.3. The topological polar surface area (TPSA) is 78.5 Å². The van der Waals surface area contributed by atoms with Crippen LogP contribution in [-0.2, 0) is 24.1 Å². The molecular formula is C23H23N3O3S. The number of anilines is 1. The molecule has 1 heterocycles. The van der Waals surface area contributed by atoms with Crippen LogP contribution in [0.15, 0.2) is 42.5 Å². The Morgan fingerprint density at radius 3 is 2.60 bits per heavy atom. The lowest BCUT2D eigenvalue weighted by atomic mass is 10.0. The van der Waals surface area contributed by atoms with Crippen LogP contribution in [0.4, 0.5) is 9.80 Å². The van der Waals surface area contributed by atoms with Crippen molar-refractivity contribution >= 4 is 45.0 Å². The number of urea groups is 1. The highest BCUT2D eigenvalue weighted by molar-refractivity contribution is 7.17. The molecule has 1 aliphatic carbocycles. The molecule has 0 atom stereocenters. The Labute approximate surface area is 178 Å². The number of benzene rings is 2. The number of nitrogens with zero attached hydrogens (tertiary/aromatic N) is 1. The van der Waals surface area contributed by atoms with Crippen LogP contribution >= 0.6 is 11.3 Å². The van der Waals surface area contributed by atoms with Gasteiger partial charge < -0.3 is 10.2 Å². The molecule has 7 heteroatoms. The first-order valence-corrected chi connectivity index (χ1v) is 10.7. The number of hydrogen-bond donors (Lipinski definition) is 2. The summed E-state index contributed by atoms with van der Waals surface area (Å²) in [6.07, 6.45) is 2.86. The van der Waals surface area contributed by atoms with Gasteiger partial charge in [0, 0.05) is 19.0 Å². The van der Waals surface area contributed by atoms with E-state index in [1.54, 1.807) is 14.1 Å². The lowest BCUT2D eigenvalue weighted by Crippen LogP contribution is -2.39. The molecule has 0 aliphatic heterocycles. The summed E-state index contributed by atoms with van der Waals surface area (Å²) >= 11 is 1.44. The molecule has 0 saturated heterocycles. The minimum Gasteiger partial charge on any atom is -0.331 e. The number of imide groups is 1. The van der Waals surface area contributed by atoms with Crippen LogP contribution in [0.3, 0.4) is 0 Å². The van der Waals surface area contributed by atoms with E-state index in [2.05, 4.69) is 10.6 Å². The van der Waals surface area contributed by atoms with Gasteiger partial charge in [0.05, 0.1) is 12.0 Å². The molecule has 3 aromatic rings. The summed E-state index contributed by atoms with van der Waals surface area (Å²) in [6, 6.07) is 13.4. The molecule has 0 unspecified atom stereocenters. The zero-order valence-electron chi connectivity index (χ0n) is 17.0. The van der Waals surface area contributed by atoms with Gasteiger partial charge in [0.2, 0.25) is 5.91 Å². The van der Waals surface area contributed by atoms with Crippen LogP contribution in [0.25, 0.3) is 10.8 Å². The monoisotopic (exact) mass is 421 g/mol. The van der Waals surface area contributed by atoms with E-state index in [4.69, 9.17) is 0 Å². The molecular weight excluding hydrogens is 398 g/mol. The minimum absolute atomic E-state index is 0.181. The number of carbonyl (C=O) groups is 3. The fourth-order valence-electron chi connectivity index (χ4n) is 3.79. The summed E-state index contributed by atoms with van der Waals surface area (Å²) in [5.74, 6) is -0.646. The van der Waals surface area contributed by atoms with E-state index in [-0.39, 0.29) is 12.3 Å². The first kappa shape index (κ1) is 20.1. The summed E-state index contributed by atoms with van der Waals surface area (Å²) in [4.78, 5) is 40.0. The predicted octanol–water partition coefficient (Wildman–Crippen LogP) is 3.98. The number of fused-ring (bicyclic) bond motifs is 2. The molecule has 4 amide bonds. The smallest absolute Gasteiger partial charge is 0.323 e. The maximum absolute atomic E-state index is 12.8. The van der Waals surface area contributed by atoms with Gasteiger partial charge in [-0.2, -0.15) is 0 Å². The number of aryl methyl sites for hydroxylation is 1. The fourth-order valence-corrected chi connectivity index (χ4v) is 5.10. The van der Waals surface area contributed by atoms with E-state index >= 15 is 0 Å². The molecule has 2 N–H and O–H groups in total. The molecule has 0 radical (unpaired) electrons. The second-order valence-electron chi connectivity index (χ2n) is 7.58. The van der Waals surface area contributed by atoms with Crippen molar-refractivity contribution in [3.63, 3.8) is 0 Å². The lowest BCUT2D eigenvalue weighted by molar-refractivity contribution is -0.115. The molecule has 0 saturated carbocycles. The van der Waals surface area contributed by atoms with Gasteiger partial charge in [-0.05, 0) is 41.2 Å². The van der Waals surface area contributed by atoms with Crippen LogP contribution in [0.2, 0.25) is 0 Å². The van der Waals surface area contributed by atoms with Crippen LogP contribution in [0, 0.1) is 0 Å². The fraction of sp³-hybridized carbons (Fsp3) is 0.261. The van der Waals surface area contributed by atoms with Crippen molar-refractivity contribution in [2.75, 3.05) is 19.4 Å². The van der Waals surface area contributed by atoms with Gasteiger partial charge in [-0.1, -0.05) is 42.5 Å². The SMILES string of the molecule is CN(C)C(=O)NC(=O)c1c(NC(=O)Cc2cccc3ccccc23)sc2c1CCC2. The van der Waals surface area contributed by atoms with Crippen LogP contribution in [0.5, 0.6) is 0 Å². The molecule has 4 rings (SSSR count). The molecule has 1 aliphatic rings. The Kier molecular flexibility index (Phi) is 5.55. The number of rotatable bonds is 4. The molecule has 30 heavy (non-hydrogen) atoms. The standard InChI is InChI=1S/C23H23N3O3S/c1-26(2)23(29)25-21(28)20-17-11-6-12-18(17)30-22(20)24-19(27)13-15-9-5-8-14-7-3-4-10-16(14)15/h3-5,7-10H,6,11-13H2,1-2H3,(H,24,27)(H,25,28,29). The highest BCUT2D eigenvalue weighted by Gasteiger charge is 2.28. The summed E-state index contributed by atoms with van der Waals surface area (Å²) in [6.45, 7) is 0. The van der Waals surface area contributed by atoms with E-state index in [1.165, 1.54) is 16.2 Å². The van der Waals surface area contributed by atoms with Crippen molar-refractivity contribution in [1.82, 2.24) is 10.2 Å². The third-order valence-corrected chi connectivity index (χ3v) is 6.47. The number of carbonyl (C=O) groups excluding carboxylic acids is 3. The van der Waals surface area contributed by atoms with Crippen molar-refractivity contribution < 1.29 is 14.4 Å². The van der Waals surface area contributed by atoms with Gasteiger partial charge in [0.25, 0.3) is 5.91 Å². The Balaban J connectivity index is 1.58. The summed E-state index contributed by atoms with van der Waals surface area (Å²) in [5, 5.41) is 7.98. The van der Waals surface area contributed by atoms with Crippen LogP contribution < -0.4 is 10.6 Å². The molecule has 154 valence electrons. The Morgan fingerprint density at radius 1 is 1.03 bits per heavy atom. The first-order chi connectivity index (χ1) is 14.4. The average Bonchev–Trinajstić information content (AvgIpc) is 3.28. The summed E-state index contributed by atoms with van der Waals surface area (Å²) < 4.78 is 0. The number of hydrogen-bond acceptors (Lipinski definition) is 4. The van der Waals surface area contributed by atoms with Crippen molar-refractivity contribution in [3.8, 4) is 0 Å². The Bertz CT molecular complexity index is 1140. The average molecular weight is 422 g/mol. The normalized spacial score (nSPS) is 12.5. The Morgan fingerprint density at radius 2 is 1.80 bits per heavy atom. The molecule has 1 aromatic heterocycles. The lowest BCUT2D eigenvalue weighted by Gasteiger charge is -2.13. The van der Waals surface area contributed by atoms with E-state index in [0.29, 0.717) is 10.6 Å². The van der Waals surface area contributed by atoms with Gasteiger partial charge in [-0.3, -0.25) is 14.9 Å². The van der Waals surface area contributed by atoms with E-state index < -0.39 is 11.9 Å². The highest BCUT2D eigenvalue weighted by atomic mass is 32.1. The number of amides is 4. The van der Waals surface area contributed by atoms with Gasteiger partial charge in [-0.15, -0.1) is 11.3 Å². The van der Waals surface area contributed by atoms with E-state index in [1.807, 2.05) is 42.5 Å². The molecule has 6 nitrogen and oxygen atoms in total. The van der Waals surface area contributed by atoms with E-state index in [9.17, 15) is 14.4 Å². The predicted molar refractivity (Wildman–Crippen MR) is 119 cm³/mol. The Hall–Kier alpha value is -3.19. The minimum atomic E-state index is -0.481. The van der Waals surface area contributed by atoms with E-state index in [0.717, 1.165) is 46.0 Å². The van der Waals surface area contributed by atoms with Crippen molar-refractivity contribution in [1.29, 1.82) is 0 Å². The van der Waals surface area contributed by atoms with Crippen LogP contribution in [0.1, 0.15) is 32.8 Å². The van der Waals surface area contributed by atoms with Gasteiger partial charge in [0.1, 0.15) is 5.00 Å². The molecule has 0 spiro atoms. The maximum atomic E-state index is 12.8. The maximum Gasteiger partial charge on any atom is 0.323 e. The van der Waals surface area contributed by atoms with Crippen LogP contribution in [-0.4, -0.2) is 36.8 Å². The third-order valence-electron chi connectivity index (χ3n) is 5.26. The third kappa shape index (κ3) is 3.93. The van der Waals surface area contributed by atoms with Crippen molar-refractivity contribution in [2.45, 2.75) is 25.7 Å². The van der Waals surface area contributed by atoms with Gasteiger partial charge in [-0.25, -0.2) is 4.79 Å². The van der Waals surface area contributed by atoms with Crippen molar-refractivity contribution in [2.24, 2.45) is 0 Å². The first-order valence-electron chi connectivity index (χ1n) is 9.87. The second-order valence-corrected chi connectivity index (χ2v) is 8.68. The largest absolute Gasteiger partial charge is 0.331 e. The summed E-state index contributed by atoms with van der Waals surface area (Å²) in [5.41, 5.74) is 2.31. The van der Waals surface area contributed by atoms with Gasteiger partial charge in [0.15, 0.2) is 0 Å². The highest BCUT2D eigenvalue weighted by Crippen LogP contribution is 2.39. The molecule has 0 bridgehead atoms. The molecule has 2 aromatic carbocycles. The second kappa shape index (κ2) is 8.28. The summed E-state index contributed by atoms with van der Waals surface area (Å²) in [7, 11) is 3.15. The zero-order valence-corrected chi connectivity index (χ0v) is 17.8. The quantitative estimate of drug-likeness (QED) is 0.669. The number of nitrogens with one attached hydrogen (secondary N) is 2. The van der Waals surface area contributed by atoms with Crippen molar-refractivity contribution in [3.05, 3.63) is 64.0 Å². The number of thiophene rings is 1.